The van der Waals surface area contributed by atoms with Gasteiger partial charge in [-0.05, 0) is 25.7 Å². The van der Waals surface area contributed by atoms with E-state index in [0.29, 0.717) is 17.8 Å². The minimum absolute atomic E-state index is 0.107. The van der Waals surface area contributed by atoms with E-state index >= 15 is 0 Å². The van der Waals surface area contributed by atoms with Crippen LogP contribution in [0.5, 0.6) is 0 Å². The minimum atomic E-state index is 0.107. The van der Waals surface area contributed by atoms with Crippen LogP contribution >= 0.6 is 0 Å². The number of piperidine rings is 1. The number of hydrogen-bond acceptors (Lipinski definition) is 7. The highest BCUT2D eigenvalue weighted by Gasteiger charge is 2.25. The van der Waals surface area contributed by atoms with E-state index in [1.165, 1.54) is 0 Å². The number of aliphatic hydroxyl groups excluding tert-OH is 1. The van der Waals surface area contributed by atoms with E-state index in [4.69, 9.17) is 0 Å². The van der Waals surface area contributed by atoms with Crippen LogP contribution in [0.3, 0.4) is 0 Å². The number of anilines is 3. The molecule has 7 heteroatoms. The van der Waals surface area contributed by atoms with Crippen LogP contribution in [0.2, 0.25) is 0 Å². The molecule has 0 aliphatic carbocycles. The highest BCUT2D eigenvalue weighted by atomic mass is 16.3. The number of aliphatic hydroxyl groups is 1. The van der Waals surface area contributed by atoms with Gasteiger partial charge < -0.3 is 20.2 Å². The second-order valence-electron chi connectivity index (χ2n) is 5.61. The van der Waals surface area contributed by atoms with Gasteiger partial charge in [-0.25, -0.2) is 0 Å². The number of hydrogen-bond donors (Lipinski definition) is 2. The maximum atomic E-state index is 9.57. The normalized spacial score (nSPS) is 18.7. The van der Waals surface area contributed by atoms with Crippen molar-refractivity contribution in [3.63, 3.8) is 0 Å². The summed E-state index contributed by atoms with van der Waals surface area (Å²) in [7, 11) is 3.84. The van der Waals surface area contributed by atoms with Crippen molar-refractivity contribution in [2.75, 3.05) is 48.9 Å². The van der Waals surface area contributed by atoms with E-state index < -0.39 is 0 Å². The summed E-state index contributed by atoms with van der Waals surface area (Å²) in [5.41, 5.74) is 0. The number of nitrogens with zero attached hydrogens (tertiary/aromatic N) is 5. The van der Waals surface area contributed by atoms with Crippen LogP contribution in [-0.4, -0.2) is 59.9 Å². The lowest BCUT2D eigenvalue weighted by atomic mass is 10.0. The smallest absolute Gasteiger partial charge is 0.232 e. The molecule has 0 spiro atoms. The highest BCUT2D eigenvalue weighted by Crippen LogP contribution is 2.23. The molecule has 21 heavy (non-hydrogen) atoms. The molecule has 0 radical (unpaired) electrons. The summed E-state index contributed by atoms with van der Waals surface area (Å²) in [5.74, 6) is 1.90. The Balaban J connectivity index is 2.29. The van der Waals surface area contributed by atoms with Gasteiger partial charge in [-0.1, -0.05) is 6.92 Å². The molecule has 1 fully saturated rings. The molecule has 1 unspecified atom stereocenters. The summed E-state index contributed by atoms with van der Waals surface area (Å²) in [6.07, 6.45) is 4.25. The van der Waals surface area contributed by atoms with Crippen LogP contribution < -0.4 is 15.1 Å². The Bertz CT molecular complexity index is 453. The Morgan fingerprint density at radius 2 is 2.10 bits per heavy atom. The molecular weight excluding hydrogens is 268 g/mol. The van der Waals surface area contributed by atoms with Crippen LogP contribution in [0.25, 0.3) is 0 Å². The van der Waals surface area contributed by atoms with Crippen molar-refractivity contribution in [1.29, 1.82) is 0 Å². The first-order valence-corrected chi connectivity index (χ1v) is 7.70. The second-order valence-corrected chi connectivity index (χ2v) is 5.61. The number of aromatic nitrogens is 3. The lowest BCUT2D eigenvalue weighted by Gasteiger charge is -2.34. The van der Waals surface area contributed by atoms with E-state index in [0.717, 1.165) is 38.8 Å². The first-order chi connectivity index (χ1) is 10.2. The van der Waals surface area contributed by atoms with Crippen LogP contribution in [-0.2, 0) is 0 Å². The maximum absolute atomic E-state index is 9.57. The van der Waals surface area contributed by atoms with Crippen LogP contribution in [0, 0.1) is 0 Å². The summed E-state index contributed by atoms with van der Waals surface area (Å²) in [4.78, 5) is 17.5. The molecule has 0 saturated carbocycles. The molecule has 2 rings (SSSR count). The zero-order chi connectivity index (χ0) is 15.2. The molecule has 1 saturated heterocycles. The average Bonchev–Trinajstić information content (AvgIpc) is 2.52. The Hall–Kier alpha value is -1.63. The molecule has 1 atom stereocenters. The van der Waals surface area contributed by atoms with E-state index in [-0.39, 0.29) is 12.6 Å². The van der Waals surface area contributed by atoms with Gasteiger partial charge in [0.25, 0.3) is 0 Å². The summed E-state index contributed by atoms with van der Waals surface area (Å²) in [5, 5.41) is 12.8. The lowest BCUT2D eigenvalue weighted by Crippen LogP contribution is -2.43. The molecule has 118 valence electrons. The number of rotatable bonds is 6. The van der Waals surface area contributed by atoms with Gasteiger partial charge in [-0.2, -0.15) is 15.0 Å². The van der Waals surface area contributed by atoms with E-state index in [2.05, 4.69) is 32.1 Å². The molecular formula is C14H26N6O. The summed E-state index contributed by atoms with van der Waals surface area (Å²) >= 11 is 0. The van der Waals surface area contributed by atoms with Gasteiger partial charge in [0, 0.05) is 27.2 Å². The molecule has 7 nitrogen and oxygen atoms in total. The van der Waals surface area contributed by atoms with Crippen molar-refractivity contribution in [3.8, 4) is 0 Å². The van der Waals surface area contributed by atoms with Crippen molar-refractivity contribution in [2.24, 2.45) is 0 Å². The fourth-order valence-corrected chi connectivity index (χ4v) is 2.45. The van der Waals surface area contributed by atoms with Gasteiger partial charge in [0.2, 0.25) is 17.8 Å². The van der Waals surface area contributed by atoms with Gasteiger partial charge in [0.05, 0.1) is 12.6 Å². The fraction of sp³-hybridized carbons (Fsp3) is 0.786. The Labute approximate surface area is 126 Å². The summed E-state index contributed by atoms with van der Waals surface area (Å²) in [6.45, 7) is 3.96. The van der Waals surface area contributed by atoms with Crippen LogP contribution in [0.1, 0.15) is 32.6 Å². The fourth-order valence-electron chi connectivity index (χ4n) is 2.45. The predicted molar refractivity (Wildman–Crippen MR) is 85.0 cm³/mol. The van der Waals surface area contributed by atoms with Gasteiger partial charge in [-0.15, -0.1) is 0 Å². The average molecular weight is 294 g/mol. The maximum Gasteiger partial charge on any atom is 0.232 e. The van der Waals surface area contributed by atoms with Crippen LogP contribution in [0.4, 0.5) is 17.8 Å². The van der Waals surface area contributed by atoms with E-state index in [1.807, 2.05) is 19.0 Å². The van der Waals surface area contributed by atoms with Crippen molar-refractivity contribution < 1.29 is 5.11 Å². The van der Waals surface area contributed by atoms with Gasteiger partial charge in [0.15, 0.2) is 0 Å². The quantitative estimate of drug-likeness (QED) is 0.813. The molecule has 1 aliphatic rings. The third-order valence-electron chi connectivity index (χ3n) is 3.64. The molecule has 0 amide bonds. The van der Waals surface area contributed by atoms with Crippen molar-refractivity contribution in [3.05, 3.63) is 0 Å². The molecule has 2 N–H and O–H groups in total. The zero-order valence-electron chi connectivity index (χ0n) is 13.2. The van der Waals surface area contributed by atoms with Gasteiger partial charge in [0.1, 0.15) is 0 Å². The van der Waals surface area contributed by atoms with Crippen molar-refractivity contribution in [2.45, 2.75) is 38.6 Å². The molecule has 0 bridgehead atoms. The van der Waals surface area contributed by atoms with E-state index in [1.54, 1.807) is 0 Å². The molecule has 1 aromatic rings. The largest absolute Gasteiger partial charge is 0.394 e. The summed E-state index contributed by atoms with van der Waals surface area (Å²) in [6, 6.07) is 0.107. The topological polar surface area (TPSA) is 77.4 Å². The van der Waals surface area contributed by atoms with Crippen molar-refractivity contribution >= 4 is 17.8 Å². The molecule has 0 aromatic carbocycles. The second kappa shape index (κ2) is 7.40. The first-order valence-electron chi connectivity index (χ1n) is 7.70. The lowest BCUT2D eigenvalue weighted by molar-refractivity contribution is 0.239. The van der Waals surface area contributed by atoms with Gasteiger partial charge in [-0.3, -0.25) is 0 Å². The third-order valence-corrected chi connectivity index (χ3v) is 3.64. The summed E-state index contributed by atoms with van der Waals surface area (Å²) < 4.78 is 0. The predicted octanol–water partition coefficient (Wildman–Crippen LogP) is 1.11. The zero-order valence-corrected chi connectivity index (χ0v) is 13.2. The number of nitrogens with one attached hydrogen (secondary N) is 1. The molecule has 1 aliphatic heterocycles. The highest BCUT2D eigenvalue weighted by molar-refractivity contribution is 5.45. The SMILES string of the molecule is CCCNc1nc(N(C)C)nc(N2CCCCC2CO)n1. The Kier molecular flexibility index (Phi) is 5.55. The minimum Gasteiger partial charge on any atom is -0.394 e. The monoisotopic (exact) mass is 294 g/mol. The first kappa shape index (κ1) is 15.8. The standard InChI is InChI=1S/C14H26N6O/c1-4-8-15-12-16-13(19(2)3)18-14(17-12)20-9-6-5-7-11(20)10-21/h11,21H,4-10H2,1-3H3,(H,15,16,17,18). The molecule has 2 heterocycles. The van der Waals surface area contributed by atoms with Gasteiger partial charge >= 0.3 is 0 Å². The van der Waals surface area contributed by atoms with Crippen LogP contribution in [0.15, 0.2) is 0 Å². The third kappa shape index (κ3) is 3.93. The Morgan fingerprint density at radius 3 is 2.76 bits per heavy atom. The van der Waals surface area contributed by atoms with Crippen molar-refractivity contribution in [1.82, 2.24) is 15.0 Å². The van der Waals surface area contributed by atoms with E-state index in [9.17, 15) is 5.11 Å². The molecule has 1 aromatic heterocycles. The Morgan fingerprint density at radius 1 is 1.29 bits per heavy atom.